The Morgan fingerprint density at radius 3 is 2.21 bits per heavy atom. The lowest BCUT2D eigenvalue weighted by atomic mass is 9.70. The normalized spacial score (nSPS) is 16.3. The van der Waals surface area contributed by atoms with E-state index < -0.39 is 5.60 Å². The number of benzene rings is 2. The second kappa shape index (κ2) is 8.54. The van der Waals surface area contributed by atoms with Crippen LogP contribution < -0.4 is 0 Å². The lowest BCUT2D eigenvalue weighted by Gasteiger charge is -2.34. The molecule has 1 saturated carbocycles. The molecule has 1 aliphatic rings. The second-order valence-electron chi connectivity index (χ2n) is 8.53. The minimum atomic E-state index is -0.790. The van der Waals surface area contributed by atoms with Crippen LogP contribution in [0.1, 0.15) is 86.6 Å². The van der Waals surface area contributed by atoms with Crippen molar-refractivity contribution in [2.24, 2.45) is 0 Å². The fraction of sp³-hybridized carbons (Fsp3) is 0.481. The summed E-state index contributed by atoms with van der Waals surface area (Å²) in [6.07, 6.45) is 7.11. The van der Waals surface area contributed by atoms with Crippen LogP contribution in [-0.2, 0) is 5.41 Å². The molecule has 1 N–H and O–H groups in total. The van der Waals surface area contributed by atoms with Crippen LogP contribution in [0.2, 0.25) is 0 Å². The molecule has 1 heteroatoms. The lowest BCUT2D eigenvalue weighted by molar-refractivity contribution is 0.0610. The van der Waals surface area contributed by atoms with Crippen LogP contribution in [0.3, 0.4) is 0 Å². The maximum atomic E-state index is 10.7. The monoisotopic (exact) mass is 374 g/mol. The van der Waals surface area contributed by atoms with Gasteiger partial charge < -0.3 is 5.11 Å². The highest BCUT2D eigenvalue weighted by atomic mass is 16.3. The molecule has 0 radical (unpaired) electrons. The summed E-state index contributed by atoms with van der Waals surface area (Å²) < 4.78 is 0. The first-order valence-electron chi connectivity index (χ1n) is 10.9. The summed E-state index contributed by atoms with van der Waals surface area (Å²) in [7, 11) is 0. The topological polar surface area (TPSA) is 20.2 Å². The zero-order chi connectivity index (χ0) is 20.2. The van der Waals surface area contributed by atoms with Crippen molar-refractivity contribution in [1.29, 1.82) is 0 Å². The molecule has 2 aromatic rings. The van der Waals surface area contributed by atoms with Gasteiger partial charge in [-0.15, -0.1) is 0 Å². The van der Waals surface area contributed by atoms with E-state index in [1.54, 1.807) is 0 Å². The van der Waals surface area contributed by atoms with Gasteiger partial charge in [-0.25, -0.2) is 0 Å². The van der Waals surface area contributed by atoms with Crippen molar-refractivity contribution in [3.8, 4) is 11.8 Å². The molecule has 0 aromatic heterocycles. The number of aryl methyl sites for hydroxylation is 2. The molecule has 148 valence electrons. The predicted molar refractivity (Wildman–Crippen MR) is 119 cm³/mol. The summed E-state index contributed by atoms with van der Waals surface area (Å²) in [6.45, 7) is 8.88. The molecule has 0 atom stereocenters. The number of rotatable bonds is 4. The lowest BCUT2D eigenvalue weighted by Crippen LogP contribution is -2.29. The molecule has 2 aromatic carbocycles. The molecule has 1 nitrogen and oxygen atoms in total. The van der Waals surface area contributed by atoms with Crippen molar-refractivity contribution in [2.75, 3.05) is 0 Å². The van der Waals surface area contributed by atoms with Gasteiger partial charge in [-0.1, -0.05) is 74.1 Å². The first kappa shape index (κ1) is 20.7. The largest absolute Gasteiger partial charge is 0.378 e. The summed E-state index contributed by atoms with van der Waals surface area (Å²) in [5.74, 6) is 6.47. The minimum Gasteiger partial charge on any atom is -0.378 e. The SMILES string of the molecule is CCC(CC)(c1cccc(C)c1)c1ccc(C#CC2(O)CCCCC2)c(C)c1. The van der Waals surface area contributed by atoms with E-state index in [1.807, 2.05) is 0 Å². The van der Waals surface area contributed by atoms with E-state index in [9.17, 15) is 5.11 Å². The van der Waals surface area contributed by atoms with Crippen molar-refractivity contribution in [1.82, 2.24) is 0 Å². The maximum absolute atomic E-state index is 10.7. The van der Waals surface area contributed by atoms with Crippen molar-refractivity contribution in [3.05, 3.63) is 70.3 Å². The highest BCUT2D eigenvalue weighted by molar-refractivity contribution is 5.49. The molecule has 0 saturated heterocycles. The van der Waals surface area contributed by atoms with E-state index in [2.05, 4.69) is 82.0 Å². The minimum absolute atomic E-state index is 0.0321. The first-order chi connectivity index (χ1) is 13.4. The molecular formula is C27H34O. The first-order valence-corrected chi connectivity index (χ1v) is 10.9. The Labute approximate surface area is 171 Å². The van der Waals surface area contributed by atoms with Gasteiger partial charge in [0.25, 0.3) is 0 Å². The molecule has 0 spiro atoms. The van der Waals surface area contributed by atoms with Crippen LogP contribution in [0.15, 0.2) is 42.5 Å². The third kappa shape index (κ3) is 4.18. The summed E-state index contributed by atoms with van der Waals surface area (Å²) >= 11 is 0. The average Bonchev–Trinajstić information content (AvgIpc) is 2.69. The number of aliphatic hydroxyl groups is 1. The zero-order valence-electron chi connectivity index (χ0n) is 17.9. The van der Waals surface area contributed by atoms with Crippen LogP contribution in [0.5, 0.6) is 0 Å². The van der Waals surface area contributed by atoms with E-state index in [4.69, 9.17) is 0 Å². The molecule has 0 aliphatic heterocycles. The quantitative estimate of drug-likeness (QED) is 0.609. The molecule has 0 heterocycles. The molecule has 0 amide bonds. The molecule has 3 rings (SSSR count). The van der Waals surface area contributed by atoms with Gasteiger partial charge in [0.2, 0.25) is 0 Å². The summed E-state index contributed by atoms with van der Waals surface area (Å²) in [5.41, 5.74) is 5.54. The summed E-state index contributed by atoms with van der Waals surface area (Å²) in [6, 6.07) is 15.6. The summed E-state index contributed by atoms with van der Waals surface area (Å²) in [4.78, 5) is 0. The van der Waals surface area contributed by atoms with Gasteiger partial charge >= 0.3 is 0 Å². The van der Waals surface area contributed by atoms with Crippen molar-refractivity contribution >= 4 is 0 Å². The van der Waals surface area contributed by atoms with E-state index in [0.29, 0.717) is 0 Å². The van der Waals surface area contributed by atoms with Crippen LogP contribution in [0, 0.1) is 25.7 Å². The number of hydrogen-bond acceptors (Lipinski definition) is 1. The van der Waals surface area contributed by atoms with Crippen molar-refractivity contribution < 1.29 is 5.11 Å². The van der Waals surface area contributed by atoms with Crippen LogP contribution in [0.25, 0.3) is 0 Å². The standard InChI is InChI=1S/C27H34O/c1-5-27(6-2,24-12-10-11-21(3)19-24)25-14-13-23(22(4)20-25)15-18-26(28)16-8-7-9-17-26/h10-14,19-20,28H,5-9,16-17H2,1-4H3. The Morgan fingerprint density at radius 2 is 1.61 bits per heavy atom. The Hall–Kier alpha value is -2.04. The fourth-order valence-corrected chi connectivity index (χ4v) is 4.72. The van der Waals surface area contributed by atoms with Gasteiger partial charge in [-0.05, 0) is 75.1 Å². The van der Waals surface area contributed by atoms with Crippen LogP contribution in [-0.4, -0.2) is 10.7 Å². The van der Waals surface area contributed by atoms with E-state index in [0.717, 1.165) is 44.1 Å². The van der Waals surface area contributed by atoms with Gasteiger partial charge in [0, 0.05) is 11.0 Å². The fourth-order valence-electron chi connectivity index (χ4n) is 4.72. The Kier molecular flexibility index (Phi) is 6.31. The zero-order valence-corrected chi connectivity index (χ0v) is 17.9. The highest BCUT2D eigenvalue weighted by Crippen LogP contribution is 2.39. The Balaban J connectivity index is 1.96. The smallest absolute Gasteiger partial charge is 0.125 e. The molecular weight excluding hydrogens is 340 g/mol. The summed E-state index contributed by atoms with van der Waals surface area (Å²) in [5, 5.41) is 10.7. The van der Waals surface area contributed by atoms with Gasteiger partial charge in [-0.3, -0.25) is 0 Å². The van der Waals surface area contributed by atoms with Gasteiger partial charge in [0.05, 0.1) is 0 Å². The maximum Gasteiger partial charge on any atom is 0.125 e. The van der Waals surface area contributed by atoms with Gasteiger partial charge in [-0.2, -0.15) is 0 Å². The van der Waals surface area contributed by atoms with Gasteiger partial charge in [0.1, 0.15) is 5.60 Å². The third-order valence-corrected chi connectivity index (χ3v) is 6.67. The Morgan fingerprint density at radius 1 is 0.929 bits per heavy atom. The van der Waals surface area contributed by atoms with Crippen LogP contribution >= 0.6 is 0 Å². The molecule has 0 bridgehead atoms. The predicted octanol–water partition coefficient (Wildman–Crippen LogP) is 6.46. The Bertz CT molecular complexity index is 871. The van der Waals surface area contributed by atoms with E-state index in [1.165, 1.54) is 28.7 Å². The van der Waals surface area contributed by atoms with E-state index >= 15 is 0 Å². The van der Waals surface area contributed by atoms with Crippen molar-refractivity contribution in [2.45, 2.75) is 83.7 Å². The number of hydrogen-bond donors (Lipinski definition) is 1. The van der Waals surface area contributed by atoms with E-state index in [-0.39, 0.29) is 5.41 Å². The average molecular weight is 375 g/mol. The second-order valence-corrected chi connectivity index (χ2v) is 8.53. The molecule has 1 fully saturated rings. The van der Waals surface area contributed by atoms with Gasteiger partial charge in [0.15, 0.2) is 0 Å². The molecule has 28 heavy (non-hydrogen) atoms. The molecule has 0 unspecified atom stereocenters. The molecule has 1 aliphatic carbocycles. The van der Waals surface area contributed by atoms with Crippen LogP contribution in [0.4, 0.5) is 0 Å². The third-order valence-electron chi connectivity index (χ3n) is 6.67. The van der Waals surface area contributed by atoms with Crippen molar-refractivity contribution in [3.63, 3.8) is 0 Å². The highest BCUT2D eigenvalue weighted by Gasteiger charge is 2.31.